The first kappa shape index (κ1) is 14.8. The molecule has 1 nitrogen and oxygen atoms in total. The number of nitrogens with zero attached hydrogens (tertiary/aromatic N) is 1. The molecule has 0 spiro atoms. The lowest BCUT2D eigenvalue weighted by Crippen LogP contribution is -2.48. The van der Waals surface area contributed by atoms with Crippen LogP contribution in [0.4, 0.5) is 0 Å². The molecule has 0 amide bonds. The second-order valence-corrected chi connectivity index (χ2v) is 6.04. The Bertz CT molecular complexity index is 324. The predicted octanol–water partition coefficient (Wildman–Crippen LogP) is 4.73. The van der Waals surface area contributed by atoms with E-state index in [4.69, 9.17) is 4.98 Å². The summed E-state index contributed by atoms with van der Waals surface area (Å²) in [5.41, 5.74) is 1.34. The first-order valence-corrected chi connectivity index (χ1v) is 7.81. The van der Waals surface area contributed by atoms with Crippen molar-refractivity contribution < 1.29 is 0 Å². The van der Waals surface area contributed by atoms with Crippen molar-refractivity contribution in [2.75, 3.05) is 0 Å². The van der Waals surface area contributed by atoms with Crippen molar-refractivity contribution in [1.82, 2.24) is 4.98 Å². The molecule has 1 aromatic heterocycles. The number of halogens is 1. The molecule has 1 rings (SSSR count). The van der Waals surface area contributed by atoms with Gasteiger partial charge in [-0.15, -0.1) is 5.59 Å². The Kier molecular flexibility index (Phi) is 6.25. The van der Waals surface area contributed by atoms with Crippen LogP contribution in [0.1, 0.15) is 40.0 Å². The molecule has 0 fully saturated rings. The Labute approximate surface area is 114 Å². The normalized spacial score (nSPS) is 11.8. The van der Waals surface area contributed by atoms with Gasteiger partial charge < -0.3 is 0 Å². The number of hydrogen-bond donors (Lipinski definition) is 0. The molecule has 0 aliphatic heterocycles. The zero-order chi connectivity index (χ0) is 12.7. The summed E-state index contributed by atoms with van der Waals surface area (Å²) in [4.78, 5) is 4.75. The first-order chi connectivity index (χ1) is 8.18. The van der Waals surface area contributed by atoms with Crippen LogP contribution < -0.4 is 5.59 Å². The molecular formula is C14H24BBrN-. The number of pyridine rings is 1. The van der Waals surface area contributed by atoms with E-state index in [1.165, 1.54) is 43.8 Å². The van der Waals surface area contributed by atoms with E-state index >= 15 is 0 Å². The van der Waals surface area contributed by atoms with Gasteiger partial charge in [-0.05, 0) is 22.0 Å². The molecule has 0 bridgehead atoms. The molecule has 3 heteroatoms. The van der Waals surface area contributed by atoms with Crippen molar-refractivity contribution >= 4 is 27.7 Å². The van der Waals surface area contributed by atoms with Gasteiger partial charge in [0.05, 0.1) is 0 Å². The van der Waals surface area contributed by atoms with Crippen molar-refractivity contribution in [3.8, 4) is 0 Å². The lowest BCUT2D eigenvalue weighted by molar-refractivity contribution is 0.932. The lowest BCUT2D eigenvalue weighted by Gasteiger charge is -2.39. The Hall–Kier alpha value is -0.305. The first-order valence-electron chi connectivity index (χ1n) is 7.01. The second-order valence-electron chi connectivity index (χ2n) is 5.23. The van der Waals surface area contributed by atoms with Crippen LogP contribution in [0.3, 0.4) is 0 Å². The Balaban J connectivity index is 3.09. The molecule has 17 heavy (non-hydrogen) atoms. The molecule has 1 heterocycles. The van der Waals surface area contributed by atoms with Gasteiger partial charge in [0.1, 0.15) is 4.60 Å². The number of rotatable bonds is 7. The largest absolute Gasteiger partial charge is 0.288 e. The third kappa shape index (κ3) is 3.84. The summed E-state index contributed by atoms with van der Waals surface area (Å²) in [6.07, 6.45) is 7.26. The van der Waals surface area contributed by atoms with Crippen LogP contribution in [0.25, 0.3) is 0 Å². The quantitative estimate of drug-likeness (QED) is 0.523. The minimum atomic E-state index is -0.443. The van der Waals surface area contributed by atoms with E-state index < -0.39 is 6.15 Å². The minimum absolute atomic E-state index is 0.443. The molecule has 96 valence electrons. The van der Waals surface area contributed by atoms with Crippen LogP contribution in [0.5, 0.6) is 0 Å². The fourth-order valence-electron chi connectivity index (χ4n) is 3.30. The molecule has 0 aromatic carbocycles. The van der Waals surface area contributed by atoms with E-state index in [0.29, 0.717) is 0 Å². The molecule has 1 aromatic rings. The highest BCUT2D eigenvalue weighted by Gasteiger charge is 2.25. The highest BCUT2D eigenvalue weighted by molar-refractivity contribution is 9.10. The highest BCUT2D eigenvalue weighted by Crippen LogP contribution is 2.25. The van der Waals surface area contributed by atoms with Crippen molar-refractivity contribution in [1.29, 1.82) is 0 Å². The summed E-state index contributed by atoms with van der Waals surface area (Å²) in [7, 11) is 0. The van der Waals surface area contributed by atoms with Gasteiger partial charge in [-0.3, -0.25) is 4.98 Å². The molecule has 0 radical (unpaired) electrons. The van der Waals surface area contributed by atoms with Crippen LogP contribution in [-0.2, 0) is 0 Å². The molecule has 0 unspecified atom stereocenters. The molecule has 0 aliphatic rings. The summed E-state index contributed by atoms with van der Waals surface area (Å²) in [6.45, 7) is 6.87. The van der Waals surface area contributed by atoms with Gasteiger partial charge in [-0.2, -0.15) is 19.0 Å². The fourth-order valence-corrected chi connectivity index (χ4v) is 3.66. The van der Waals surface area contributed by atoms with Gasteiger partial charge in [0.2, 0.25) is 0 Å². The maximum absolute atomic E-state index is 4.75. The summed E-state index contributed by atoms with van der Waals surface area (Å²) < 4.78 is 0.976. The van der Waals surface area contributed by atoms with Crippen LogP contribution in [-0.4, -0.2) is 11.1 Å². The Morgan fingerprint density at radius 3 is 1.94 bits per heavy atom. The summed E-state index contributed by atoms with van der Waals surface area (Å²) >= 11 is 3.51. The third-order valence-electron chi connectivity index (χ3n) is 3.89. The highest BCUT2D eigenvalue weighted by atomic mass is 79.9. The second kappa shape index (κ2) is 7.20. The van der Waals surface area contributed by atoms with Crippen molar-refractivity contribution in [3.63, 3.8) is 0 Å². The third-order valence-corrected chi connectivity index (χ3v) is 4.33. The predicted molar refractivity (Wildman–Crippen MR) is 82.6 cm³/mol. The summed E-state index contributed by atoms with van der Waals surface area (Å²) in [5, 5.41) is 0. The molecule has 0 saturated heterocycles. The van der Waals surface area contributed by atoms with Gasteiger partial charge in [0.15, 0.2) is 0 Å². The average molecular weight is 297 g/mol. The average Bonchev–Trinajstić information content (AvgIpc) is 2.30. The lowest BCUT2D eigenvalue weighted by atomic mass is 9.17. The van der Waals surface area contributed by atoms with Crippen LogP contribution in [0.15, 0.2) is 22.8 Å². The van der Waals surface area contributed by atoms with Crippen molar-refractivity contribution in [2.24, 2.45) is 0 Å². The van der Waals surface area contributed by atoms with E-state index in [9.17, 15) is 0 Å². The van der Waals surface area contributed by atoms with Crippen LogP contribution >= 0.6 is 15.9 Å². The molecule has 0 atom stereocenters. The monoisotopic (exact) mass is 296 g/mol. The fraction of sp³-hybridized carbons (Fsp3) is 0.643. The standard InChI is InChI=1S/C14H24BBrN/c1-4-10-15(11-5-2,12-6-3)13-8-7-9-14(16)17-13/h7-9H,4-6,10-12H2,1-3H3/q-1. The molecule has 0 saturated carbocycles. The SMILES string of the molecule is CCC[B-](CCC)(CCC)c1cccc(Br)n1. The van der Waals surface area contributed by atoms with E-state index in [1.807, 2.05) is 6.07 Å². The van der Waals surface area contributed by atoms with E-state index in [2.05, 4.69) is 48.8 Å². The van der Waals surface area contributed by atoms with Crippen LogP contribution in [0, 0.1) is 0 Å². The van der Waals surface area contributed by atoms with Gasteiger partial charge in [-0.25, -0.2) is 0 Å². The summed E-state index contributed by atoms with van der Waals surface area (Å²) in [6, 6.07) is 6.38. The smallest absolute Gasteiger partial charge is 0.102 e. The zero-order valence-electron chi connectivity index (χ0n) is 11.4. The topological polar surface area (TPSA) is 12.9 Å². The van der Waals surface area contributed by atoms with E-state index in [0.717, 1.165) is 4.60 Å². The zero-order valence-corrected chi connectivity index (χ0v) is 13.0. The molecule has 0 aliphatic carbocycles. The Morgan fingerprint density at radius 1 is 1.00 bits per heavy atom. The number of hydrogen-bond acceptors (Lipinski definition) is 1. The molecular weight excluding hydrogens is 273 g/mol. The van der Waals surface area contributed by atoms with E-state index in [-0.39, 0.29) is 0 Å². The van der Waals surface area contributed by atoms with Crippen molar-refractivity contribution in [2.45, 2.75) is 59.0 Å². The van der Waals surface area contributed by atoms with Gasteiger partial charge in [0, 0.05) is 6.15 Å². The van der Waals surface area contributed by atoms with E-state index in [1.54, 1.807) is 0 Å². The maximum Gasteiger partial charge on any atom is 0.102 e. The Morgan fingerprint density at radius 2 is 1.53 bits per heavy atom. The van der Waals surface area contributed by atoms with Crippen molar-refractivity contribution in [3.05, 3.63) is 22.8 Å². The van der Waals surface area contributed by atoms with Gasteiger partial charge in [0.25, 0.3) is 0 Å². The maximum atomic E-state index is 4.75. The van der Waals surface area contributed by atoms with Gasteiger partial charge in [-0.1, -0.05) is 52.2 Å². The minimum Gasteiger partial charge on any atom is -0.288 e. The van der Waals surface area contributed by atoms with Gasteiger partial charge >= 0.3 is 0 Å². The number of aromatic nitrogens is 1. The molecule has 0 N–H and O–H groups in total. The van der Waals surface area contributed by atoms with Crippen LogP contribution in [0.2, 0.25) is 19.0 Å². The summed E-state index contributed by atoms with van der Waals surface area (Å²) in [5.74, 6) is 0.